The Bertz CT molecular complexity index is 657. The van der Waals surface area contributed by atoms with Gasteiger partial charge in [0.05, 0.1) is 0 Å². The molecule has 0 spiro atoms. The third-order valence-corrected chi connectivity index (χ3v) is 4.88. The highest BCUT2D eigenvalue weighted by molar-refractivity contribution is 9.10. The lowest BCUT2D eigenvalue weighted by atomic mass is 10.1. The van der Waals surface area contributed by atoms with Crippen molar-refractivity contribution in [3.63, 3.8) is 0 Å². The third-order valence-electron chi connectivity index (χ3n) is 3.82. The van der Waals surface area contributed by atoms with Gasteiger partial charge in [0.2, 0.25) is 0 Å². The number of ether oxygens (including phenoxy) is 1. The van der Waals surface area contributed by atoms with E-state index >= 15 is 0 Å². The second kappa shape index (κ2) is 9.56. The van der Waals surface area contributed by atoms with Crippen molar-refractivity contribution in [1.82, 2.24) is 4.90 Å². The molecule has 2 aromatic carbocycles. The van der Waals surface area contributed by atoms with Crippen LogP contribution >= 0.6 is 31.9 Å². The summed E-state index contributed by atoms with van der Waals surface area (Å²) in [4.78, 5) is 14.4. The van der Waals surface area contributed by atoms with Crippen LogP contribution in [0, 0.1) is 0 Å². The normalized spacial score (nSPS) is 11.3. The molecule has 0 aliphatic carbocycles. The van der Waals surface area contributed by atoms with Gasteiger partial charge in [-0.3, -0.25) is 0 Å². The molecule has 0 aliphatic rings. The van der Waals surface area contributed by atoms with E-state index in [-0.39, 0.29) is 6.09 Å². The highest BCUT2D eigenvalue weighted by Gasteiger charge is 2.21. The summed E-state index contributed by atoms with van der Waals surface area (Å²) < 4.78 is 7.70. The van der Waals surface area contributed by atoms with E-state index in [4.69, 9.17) is 4.74 Å². The number of rotatable bonds is 6. The van der Waals surface area contributed by atoms with Gasteiger partial charge in [0, 0.05) is 22.0 Å². The summed E-state index contributed by atoms with van der Waals surface area (Å²) in [5.74, 6) is 0. The largest absolute Gasteiger partial charge is 0.444 e. The van der Waals surface area contributed by atoms with Crippen LogP contribution in [0.4, 0.5) is 4.79 Å². The molecule has 0 aromatic heterocycles. The molecule has 3 nitrogen and oxygen atoms in total. The van der Waals surface area contributed by atoms with Crippen LogP contribution in [0.25, 0.3) is 0 Å². The first kappa shape index (κ1) is 21.0. The summed E-state index contributed by atoms with van der Waals surface area (Å²) in [7, 11) is 0. The zero-order valence-corrected chi connectivity index (χ0v) is 18.6. The molecule has 0 bridgehead atoms. The molecular weight excluding hydrogens is 458 g/mol. The van der Waals surface area contributed by atoms with E-state index in [0.717, 1.165) is 21.8 Å². The average molecular weight is 483 g/mol. The average Bonchev–Trinajstić information content (AvgIpc) is 2.56. The quantitative estimate of drug-likeness (QED) is 0.488. The van der Waals surface area contributed by atoms with E-state index < -0.39 is 5.60 Å². The lowest BCUT2D eigenvalue weighted by molar-refractivity contribution is 0.0254. The Labute approximate surface area is 173 Å². The van der Waals surface area contributed by atoms with E-state index in [1.807, 2.05) is 45.0 Å². The van der Waals surface area contributed by atoms with Gasteiger partial charge in [0.1, 0.15) is 5.60 Å². The first-order chi connectivity index (χ1) is 12.2. The van der Waals surface area contributed by atoms with Crippen LogP contribution in [-0.4, -0.2) is 29.7 Å². The molecule has 26 heavy (non-hydrogen) atoms. The molecule has 5 heteroatoms. The number of benzene rings is 2. The van der Waals surface area contributed by atoms with Gasteiger partial charge in [-0.15, -0.1) is 0 Å². The van der Waals surface area contributed by atoms with E-state index in [2.05, 4.69) is 56.1 Å². The minimum Gasteiger partial charge on any atom is -0.444 e. The first-order valence-corrected chi connectivity index (χ1v) is 10.3. The molecule has 0 aliphatic heterocycles. The second-order valence-corrected chi connectivity index (χ2v) is 9.05. The molecule has 0 saturated heterocycles. The van der Waals surface area contributed by atoms with Crippen molar-refractivity contribution in [2.45, 2.75) is 39.2 Å². The van der Waals surface area contributed by atoms with Gasteiger partial charge >= 0.3 is 6.09 Å². The maximum absolute atomic E-state index is 12.6. The van der Waals surface area contributed by atoms with Crippen molar-refractivity contribution in [2.24, 2.45) is 0 Å². The maximum atomic E-state index is 12.6. The zero-order chi connectivity index (χ0) is 19.2. The number of hydrogen-bond acceptors (Lipinski definition) is 2. The van der Waals surface area contributed by atoms with Crippen LogP contribution in [0.5, 0.6) is 0 Å². The van der Waals surface area contributed by atoms with Gasteiger partial charge in [0.25, 0.3) is 0 Å². The first-order valence-electron chi connectivity index (χ1n) is 8.70. The van der Waals surface area contributed by atoms with Crippen molar-refractivity contribution in [3.05, 3.63) is 68.6 Å². The molecule has 0 heterocycles. The highest BCUT2D eigenvalue weighted by Crippen LogP contribution is 2.15. The molecule has 2 rings (SSSR count). The molecule has 2 aromatic rings. The van der Waals surface area contributed by atoms with Crippen LogP contribution in [-0.2, 0) is 17.6 Å². The van der Waals surface area contributed by atoms with Gasteiger partial charge in [-0.05, 0) is 69.0 Å². The minimum absolute atomic E-state index is 0.258. The Balaban J connectivity index is 2.01. The molecule has 0 N–H and O–H groups in total. The van der Waals surface area contributed by atoms with Gasteiger partial charge in [-0.1, -0.05) is 56.1 Å². The van der Waals surface area contributed by atoms with E-state index in [9.17, 15) is 4.79 Å². The predicted molar refractivity (Wildman–Crippen MR) is 113 cm³/mol. The fraction of sp³-hybridized carbons (Fsp3) is 0.381. The van der Waals surface area contributed by atoms with E-state index in [1.165, 1.54) is 11.1 Å². The summed E-state index contributed by atoms with van der Waals surface area (Å²) in [6, 6.07) is 16.4. The molecular formula is C21H25Br2NO2. The Kier molecular flexibility index (Phi) is 7.71. The summed E-state index contributed by atoms with van der Waals surface area (Å²) >= 11 is 6.90. The lowest BCUT2D eigenvalue weighted by Gasteiger charge is -2.27. The standard InChI is InChI=1S/C21H25Br2NO2/c1-21(2,3)26-20(25)24(14-12-16-4-8-18(22)9-5-16)15-13-17-6-10-19(23)11-7-17/h4-11H,12-15H2,1-3H3. The molecule has 0 saturated carbocycles. The molecule has 1 amide bonds. The van der Waals surface area contributed by atoms with Gasteiger partial charge in [-0.25, -0.2) is 4.79 Å². The van der Waals surface area contributed by atoms with Gasteiger partial charge < -0.3 is 9.64 Å². The van der Waals surface area contributed by atoms with Crippen LogP contribution < -0.4 is 0 Å². The SMILES string of the molecule is CC(C)(C)OC(=O)N(CCc1ccc(Br)cc1)CCc1ccc(Br)cc1. The fourth-order valence-corrected chi connectivity index (χ4v) is 2.98. The van der Waals surface area contributed by atoms with E-state index in [0.29, 0.717) is 13.1 Å². The minimum atomic E-state index is -0.495. The second-order valence-electron chi connectivity index (χ2n) is 7.22. The van der Waals surface area contributed by atoms with E-state index in [1.54, 1.807) is 4.90 Å². The molecule has 0 radical (unpaired) electrons. The Morgan fingerprint density at radius 2 is 1.23 bits per heavy atom. The summed E-state index contributed by atoms with van der Waals surface area (Å²) in [5.41, 5.74) is 1.90. The van der Waals surface area contributed by atoms with Gasteiger partial charge in [0.15, 0.2) is 0 Å². The van der Waals surface area contributed by atoms with Crippen LogP contribution in [0.3, 0.4) is 0 Å². The zero-order valence-electron chi connectivity index (χ0n) is 15.5. The number of carbonyl (C=O) groups excluding carboxylic acids is 1. The number of carbonyl (C=O) groups is 1. The number of halogens is 2. The fourth-order valence-electron chi connectivity index (χ4n) is 2.45. The summed E-state index contributed by atoms with van der Waals surface area (Å²) in [6.07, 6.45) is 1.34. The number of nitrogens with zero attached hydrogens (tertiary/aromatic N) is 1. The van der Waals surface area contributed by atoms with Crippen LogP contribution in [0.15, 0.2) is 57.5 Å². The topological polar surface area (TPSA) is 29.5 Å². The van der Waals surface area contributed by atoms with Crippen molar-refractivity contribution in [3.8, 4) is 0 Å². The Morgan fingerprint density at radius 1 is 0.846 bits per heavy atom. The number of hydrogen-bond donors (Lipinski definition) is 0. The predicted octanol–water partition coefficient (Wildman–Crippen LogP) is 6.23. The smallest absolute Gasteiger partial charge is 0.410 e. The monoisotopic (exact) mass is 481 g/mol. The van der Waals surface area contributed by atoms with Crippen molar-refractivity contribution in [2.75, 3.05) is 13.1 Å². The maximum Gasteiger partial charge on any atom is 0.410 e. The Hall–Kier alpha value is -1.33. The van der Waals surface area contributed by atoms with Crippen molar-refractivity contribution < 1.29 is 9.53 Å². The molecule has 0 fully saturated rings. The molecule has 140 valence electrons. The van der Waals surface area contributed by atoms with Crippen LogP contribution in [0.1, 0.15) is 31.9 Å². The van der Waals surface area contributed by atoms with Gasteiger partial charge in [-0.2, -0.15) is 0 Å². The Morgan fingerprint density at radius 3 is 1.58 bits per heavy atom. The van der Waals surface area contributed by atoms with Crippen LogP contribution in [0.2, 0.25) is 0 Å². The lowest BCUT2D eigenvalue weighted by Crippen LogP contribution is -2.39. The molecule has 0 atom stereocenters. The third kappa shape index (κ3) is 7.50. The highest BCUT2D eigenvalue weighted by atomic mass is 79.9. The van der Waals surface area contributed by atoms with Crippen molar-refractivity contribution in [1.29, 1.82) is 0 Å². The summed E-state index contributed by atoms with van der Waals surface area (Å²) in [6.45, 7) is 6.95. The van der Waals surface area contributed by atoms with Crippen molar-refractivity contribution >= 4 is 38.0 Å². The molecule has 0 unspecified atom stereocenters. The number of amides is 1. The summed E-state index contributed by atoms with van der Waals surface area (Å²) in [5, 5.41) is 0.